The third-order valence-corrected chi connectivity index (χ3v) is 4.51. The van der Waals surface area contributed by atoms with Gasteiger partial charge in [0.15, 0.2) is 5.82 Å². The number of nitrogens with zero attached hydrogens (tertiary/aromatic N) is 3. The van der Waals surface area contributed by atoms with Crippen LogP contribution in [0.4, 0.5) is 0 Å². The quantitative estimate of drug-likeness (QED) is 0.794. The molecule has 0 radical (unpaired) electrons. The second-order valence-corrected chi connectivity index (χ2v) is 7.99. The van der Waals surface area contributed by atoms with Crippen molar-refractivity contribution in [2.75, 3.05) is 0 Å². The van der Waals surface area contributed by atoms with E-state index in [4.69, 9.17) is 4.52 Å². The summed E-state index contributed by atoms with van der Waals surface area (Å²) in [5, 5.41) is 3.65. The van der Waals surface area contributed by atoms with E-state index < -0.39 is 9.84 Å². The molecule has 0 spiro atoms. The Morgan fingerprint density at radius 2 is 1.91 bits per heavy atom. The number of aromatic amines is 1. The van der Waals surface area contributed by atoms with Crippen molar-refractivity contribution in [2.24, 2.45) is 0 Å². The van der Waals surface area contributed by atoms with E-state index in [1.54, 1.807) is 18.2 Å². The molecule has 8 heteroatoms. The van der Waals surface area contributed by atoms with Gasteiger partial charge in [0, 0.05) is 5.41 Å². The van der Waals surface area contributed by atoms with Crippen LogP contribution in [-0.4, -0.2) is 28.5 Å². The van der Waals surface area contributed by atoms with Crippen molar-refractivity contribution in [3.8, 4) is 0 Å². The van der Waals surface area contributed by atoms with Gasteiger partial charge in [-0.15, -0.1) is 0 Å². The van der Waals surface area contributed by atoms with Crippen molar-refractivity contribution >= 4 is 20.9 Å². The first-order chi connectivity index (χ1) is 10.3. The van der Waals surface area contributed by atoms with E-state index in [1.165, 1.54) is 0 Å². The molecule has 0 saturated carbocycles. The highest BCUT2D eigenvalue weighted by atomic mass is 32.2. The Hall–Kier alpha value is -2.22. The molecule has 1 aromatic carbocycles. The summed E-state index contributed by atoms with van der Waals surface area (Å²) in [5.74, 6) is 0.180. The van der Waals surface area contributed by atoms with Crippen molar-refractivity contribution in [3.63, 3.8) is 0 Å². The van der Waals surface area contributed by atoms with Gasteiger partial charge in [0.25, 0.3) is 0 Å². The molecule has 0 saturated heterocycles. The highest BCUT2D eigenvalue weighted by Crippen LogP contribution is 2.21. The van der Waals surface area contributed by atoms with Crippen LogP contribution in [0.3, 0.4) is 0 Å². The minimum absolute atomic E-state index is 0.0872. The lowest BCUT2D eigenvalue weighted by Crippen LogP contribution is -2.12. The number of rotatable bonds is 3. The summed E-state index contributed by atoms with van der Waals surface area (Å²) in [6.07, 6.45) is 0. The van der Waals surface area contributed by atoms with Crippen molar-refractivity contribution < 1.29 is 12.9 Å². The zero-order chi connectivity index (χ0) is 16.0. The summed E-state index contributed by atoms with van der Waals surface area (Å²) in [7, 11) is -3.66. The maximum atomic E-state index is 12.4. The highest BCUT2D eigenvalue weighted by Gasteiger charge is 2.26. The van der Waals surface area contributed by atoms with Gasteiger partial charge in [0.1, 0.15) is 5.75 Å². The number of fused-ring (bicyclic) bond motifs is 1. The molecule has 3 rings (SSSR count). The van der Waals surface area contributed by atoms with Gasteiger partial charge in [-0.1, -0.05) is 38.1 Å². The molecule has 0 aliphatic carbocycles. The number of H-pyrrole nitrogens is 1. The molecule has 2 aromatic heterocycles. The minimum Gasteiger partial charge on any atom is -0.339 e. The smallest absolute Gasteiger partial charge is 0.232 e. The van der Waals surface area contributed by atoms with Crippen LogP contribution >= 0.6 is 0 Å². The van der Waals surface area contributed by atoms with Crippen molar-refractivity contribution in [1.29, 1.82) is 0 Å². The number of sulfone groups is 1. The monoisotopic (exact) mass is 320 g/mol. The summed E-state index contributed by atoms with van der Waals surface area (Å²) in [6, 6.07) is 7.13. The molecule has 0 atom stereocenters. The predicted molar refractivity (Wildman–Crippen MR) is 80.0 cm³/mol. The molecule has 2 heterocycles. The lowest BCUT2D eigenvalue weighted by Gasteiger charge is -2.10. The summed E-state index contributed by atoms with van der Waals surface area (Å²) in [5.41, 5.74) is 0.947. The minimum atomic E-state index is -3.66. The van der Waals surface area contributed by atoms with Gasteiger partial charge in [-0.25, -0.2) is 13.4 Å². The van der Waals surface area contributed by atoms with Gasteiger partial charge in [0.2, 0.25) is 20.9 Å². The third-order valence-electron chi connectivity index (χ3n) is 3.09. The van der Waals surface area contributed by atoms with E-state index in [2.05, 4.69) is 20.1 Å². The predicted octanol–water partition coefficient (Wildman–Crippen LogP) is 2.22. The first kappa shape index (κ1) is 14.7. The zero-order valence-corrected chi connectivity index (χ0v) is 13.3. The number of imidazole rings is 1. The molecule has 116 valence electrons. The van der Waals surface area contributed by atoms with E-state index in [0.717, 1.165) is 0 Å². The van der Waals surface area contributed by atoms with Crippen LogP contribution < -0.4 is 0 Å². The van der Waals surface area contributed by atoms with Crippen LogP contribution in [0.5, 0.6) is 0 Å². The van der Waals surface area contributed by atoms with Crippen molar-refractivity contribution in [2.45, 2.75) is 37.1 Å². The average Bonchev–Trinajstić information content (AvgIpc) is 3.03. The van der Waals surface area contributed by atoms with Crippen molar-refractivity contribution in [3.05, 3.63) is 36.0 Å². The Morgan fingerprint density at radius 3 is 2.55 bits per heavy atom. The van der Waals surface area contributed by atoms with Crippen LogP contribution in [0, 0.1) is 0 Å². The van der Waals surface area contributed by atoms with Crippen LogP contribution in [-0.2, 0) is 21.0 Å². The van der Waals surface area contributed by atoms with Crippen LogP contribution in [0.1, 0.15) is 32.5 Å². The normalized spacial score (nSPS) is 12.9. The molecular weight excluding hydrogens is 304 g/mol. The Labute approximate surface area is 127 Å². The van der Waals surface area contributed by atoms with Gasteiger partial charge in [-0.05, 0) is 12.1 Å². The first-order valence-corrected chi connectivity index (χ1v) is 8.41. The Morgan fingerprint density at radius 1 is 1.18 bits per heavy atom. The maximum Gasteiger partial charge on any atom is 0.232 e. The molecule has 3 aromatic rings. The maximum absolute atomic E-state index is 12.4. The van der Waals surface area contributed by atoms with Gasteiger partial charge in [-0.3, -0.25) is 0 Å². The molecule has 0 unspecified atom stereocenters. The molecule has 22 heavy (non-hydrogen) atoms. The number of nitrogens with one attached hydrogen (secondary N) is 1. The molecule has 0 amide bonds. The molecular formula is C14H16N4O3S. The lowest BCUT2D eigenvalue weighted by atomic mass is 9.97. The molecule has 7 nitrogen and oxygen atoms in total. The summed E-state index contributed by atoms with van der Waals surface area (Å²) < 4.78 is 29.9. The number of hydrogen-bond acceptors (Lipinski definition) is 6. The van der Waals surface area contributed by atoms with Gasteiger partial charge >= 0.3 is 0 Å². The van der Waals surface area contributed by atoms with Crippen LogP contribution in [0.15, 0.2) is 33.9 Å². The fraction of sp³-hybridized carbons (Fsp3) is 0.357. The Balaban J connectivity index is 1.91. The van der Waals surface area contributed by atoms with Crippen molar-refractivity contribution in [1.82, 2.24) is 20.1 Å². The molecule has 0 bridgehead atoms. The van der Waals surface area contributed by atoms with Gasteiger partial charge < -0.3 is 9.51 Å². The SMILES string of the molecule is CC(C)(C)c1nc(CS(=O)(=O)c2nc3ccccc3[nH]2)no1. The van der Waals surface area contributed by atoms with E-state index >= 15 is 0 Å². The fourth-order valence-corrected chi connectivity index (χ4v) is 3.03. The second kappa shape index (κ2) is 4.91. The van der Waals surface area contributed by atoms with E-state index in [0.29, 0.717) is 16.9 Å². The summed E-state index contributed by atoms with van der Waals surface area (Å²) in [4.78, 5) is 11.1. The summed E-state index contributed by atoms with van der Waals surface area (Å²) >= 11 is 0. The standard InChI is InChI=1S/C14H16N4O3S/c1-14(2,3)12-17-11(18-21-12)8-22(19,20)13-15-9-6-4-5-7-10(9)16-13/h4-7H,8H2,1-3H3,(H,15,16). The van der Waals surface area contributed by atoms with Gasteiger partial charge in [0.05, 0.1) is 11.0 Å². The molecule has 0 aliphatic rings. The largest absolute Gasteiger partial charge is 0.339 e. The van der Waals surface area contributed by atoms with Crippen LogP contribution in [0.25, 0.3) is 11.0 Å². The Kier molecular flexibility index (Phi) is 3.28. The lowest BCUT2D eigenvalue weighted by molar-refractivity contribution is 0.319. The van der Waals surface area contributed by atoms with Gasteiger partial charge in [-0.2, -0.15) is 4.98 Å². The summed E-state index contributed by atoms with van der Waals surface area (Å²) in [6.45, 7) is 5.74. The first-order valence-electron chi connectivity index (χ1n) is 6.76. The molecule has 1 N–H and O–H groups in total. The van der Waals surface area contributed by atoms with E-state index in [-0.39, 0.29) is 22.1 Å². The van der Waals surface area contributed by atoms with E-state index in [9.17, 15) is 8.42 Å². The number of para-hydroxylation sites is 2. The third kappa shape index (κ3) is 2.74. The van der Waals surface area contributed by atoms with Crippen LogP contribution in [0.2, 0.25) is 0 Å². The van der Waals surface area contributed by atoms with E-state index in [1.807, 2.05) is 26.8 Å². The number of aromatic nitrogens is 4. The number of hydrogen-bond donors (Lipinski definition) is 1. The average molecular weight is 320 g/mol. The Bertz CT molecular complexity index is 886. The zero-order valence-electron chi connectivity index (χ0n) is 12.5. The topological polar surface area (TPSA) is 102 Å². The molecule has 0 fully saturated rings. The number of benzene rings is 1. The highest BCUT2D eigenvalue weighted by molar-refractivity contribution is 7.90. The second-order valence-electron chi connectivity index (χ2n) is 6.08. The molecule has 0 aliphatic heterocycles. The fourth-order valence-electron chi connectivity index (χ4n) is 1.93.